The molecule has 2 aromatic rings. The molecule has 0 atom stereocenters. The smallest absolute Gasteiger partial charge is 0.150 e. The fraction of sp³-hybridized carbons (Fsp3) is 0.235. The number of hydrazone groups is 1. The predicted octanol–water partition coefficient (Wildman–Crippen LogP) is 2.81. The first kappa shape index (κ1) is 12.7. The number of rotatable bonds is 2. The van der Waals surface area contributed by atoms with Gasteiger partial charge in [0.2, 0.25) is 0 Å². The first-order chi connectivity index (χ1) is 9.79. The van der Waals surface area contributed by atoms with Gasteiger partial charge in [0.15, 0.2) is 5.84 Å². The molecule has 0 spiro atoms. The minimum atomic E-state index is 0.373. The Kier molecular flexibility index (Phi) is 3.42. The van der Waals surface area contributed by atoms with Crippen LogP contribution in [0.4, 0.5) is 0 Å². The molecule has 0 saturated heterocycles. The van der Waals surface area contributed by atoms with E-state index in [9.17, 15) is 0 Å². The molecule has 20 heavy (non-hydrogen) atoms. The highest BCUT2D eigenvalue weighted by molar-refractivity contribution is 6.03. The lowest BCUT2D eigenvalue weighted by atomic mass is 9.88. The second-order valence-corrected chi connectivity index (χ2v) is 5.25. The van der Waals surface area contributed by atoms with Crippen LogP contribution in [-0.4, -0.2) is 5.84 Å². The van der Waals surface area contributed by atoms with Crippen molar-refractivity contribution in [2.75, 3.05) is 0 Å². The van der Waals surface area contributed by atoms with Crippen molar-refractivity contribution in [3.05, 3.63) is 59.2 Å². The zero-order chi connectivity index (χ0) is 13.9. The van der Waals surface area contributed by atoms with Crippen molar-refractivity contribution in [1.82, 2.24) is 0 Å². The van der Waals surface area contributed by atoms with E-state index in [1.165, 1.54) is 42.4 Å². The van der Waals surface area contributed by atoms with Crippen LogP contribution in [0.3, 0.4) is 0 Å². The molecule has 0 fully saturated rings. The van der Waals surface area contributed by atoms with Gasteiger partial charge in [0.25, 0.3) is 0 Å². The number of amidine groups is 1. The van der Waals surface area contributed by atoms with Gasteiger partial charge in [0, 0.05) is 5.56 Å². The Labute approximate surface area is 119 Å². The Hall–Kier alpha value is -2.29. The summed E-state index contributed by atoms with van der Waals surface area (Å²) in [6, 6.07) is 14.7. The van der Waals surface area contributed by atoms with Gasteiger partial charge in [-0.15, -0.1) is 0 Å². The average molecular weight is 265 g/mol. The molecule has 3 rings (SSSR count). The van der Waals surface area contributed by atoms with E-state index in [2.05, 4.69) is 29.4 Å². The fourth-order valence-electron chi connectivity index (χ4n) is 2.93. The van der Waals surface area contributed by atoms with Crippen molar-refractivity contribution in [2.24, 2.45) is 16.7 Å². The normalized spacial score (nSPS) is 14.9. The largest absolute Gasteiger partial charge is 0.382 e. The lowest BCUT2D eigenvalue weighted by Gasteiger charge is -2.17. The summed E-state index contributed by atoms with van der Waals surface area (Å²) in [7, 11) is 0. The Morgan fingerprint density at radius 3 is 2.50 bits per heavy atom. The second-order valence-electron chi connectivity index (χ2n) is 5.25. The van der Waals surface area contributed by atoms with Crippen molar-refractivity contribution >= 4 is 5.84 Å². The number of aryl methyl sites for hydroxylation is 2. The highest BCUT2D eigenvalue weighted by Crippen LogP contribution is 2.29. The van der Waals surface area contributed by atoms with Gasteiger partial charge in [-0.05, 0) is 47.9 Å². The van der Waals surface area contributed by atoms with Gasteiger partial charge in [-0.3, -0.25) is 0 Å². The summed E-state index contributed by atoms with van der Waals surface area (Å²) in [5, 5.41) is 3.63. The van der Waals surface area contributed by atoms with Crippen LogP contribution in [-0.2, 0) is 12.8 Å². The minimum absolute atomic E-state index is 0.373. The van der Waals surface area contributed by atoms with Gasteiger partial charge in [-0.25, -0.2) is 0 Å². The van der Waals surface area contributed by atoms with Crippen LogP contribution in [0.1, 0.15) is 29.5 Å². The predicted molar refractivity (Wildman–Crippen MR) is 83.4 cm³/mol. The minimum Gasteiger partial charge on any atom is -0.382 e. The van der Waals surface area contributed by atoms with Crippen LogP contribution in [0.5, 0.6) is 0 Å². The SMILES string of the molecule is N/N=C(\N)c1ccccc1-c1ccc2c(c1)CCCC2. The number of nitrogens with zero attached hydrogens (tertiary/aromatic N) is 1. The van der Waals surface area contributed by atoms with Crippen LogP contribution in [0, 0.1) is 0 Å². The molecule has 0 unspecified atom stereocenters. The molecule has 0 bridgehead atoms. The standard InChI is InChI=1S/C17H19N3/c18-17(20-19)16-8-4-3-7-15(16)14-10-9-12-5-1-2-6-13(12)11-14/h3-4,7-11H,1-2,5-6,19H2,(H2,18,20). The molecule has 0 heterocycles. The monoisotopic (exact) mass is 265 g/mol. The molecule has 4 N–H and O–H groups in total. The summed E-state index contributed by atoms with van der Waals surface area (Å²) in [6.45, 7) is 0. The van der Waals surface area contributed by atoms with Crippen LogP contribution in [0.2, 0.25) is 0 Å². The average Bonchev–Trinajstić information content (AvgIpc) is 2.53. The summed E-state index contributed by atoms with van der Waals surface area (Å²) >= 11 is 0. The molecule has 0 amide bonds. The van der Waals surface area contributed by atoms with Gasteiger partial charge in [-0.2, -0.15) is 5.10 Å². The molecule has 2 aromatic carbocycles. The third-order valence-electron chi connectivity index (χ3n) is 4.00. The van der Waals surface area contributed by atoms with E-state index < -0.39 is 0 Å². The Bertz CT molecular complexity index is 659. The summed E-state index contributed by atoms with van der Waals surface area (Å²) in [6.07, 6.45) is 4.95. The highest BCUT2D eigenvalue weighted by atomic mass is 15.2. The molecule has 1 aliphatic rings. The molecule has 102 valence electrons. The number of fused-ring (bicyclic) bond motifs is 1. The fourth-order valence-corrected chi connectivity index (χ4v) is 2.93. The Morgan fingerprint density at radius 1 is 0.950 bits per heavy atom. The third-order valence-corrected chi connectivity index (χ3v) is 4.00. The number of nitrogens with two attached hydrogens (primary N) is 2. The lowest BCUT2D eigenvalue weighted by molar-refractivity contribution is 0.686. The Balaban J connectivity index is 2.10. The zero-order valence-corrected chi connectivity index (χ0v) is 11.5. The second kappa shape index (κ2) is 5.37. The summed E-state index contributed by atoms with van der Waals surface area (Å²) in [5.74, 6) is 5.70. The van der Waals surface area contributed by atoms with Crippen molar-refractivity contribution in [2.45, 2.75) is 25.7 Å². The van der Waals surface area contributed by atoms with E-state index in [1.807, 2.05) is 18.2 Å². The first-order valence-corrected chi connectivity index (χ1v) is 7.04. The van der Waals surface area contributed by atoms with E-state index in [4.69, 9.17) is 11.6 Å². The molecule has 0 saturated carbocycles. The van der Waals surface area contributed by atoms with Crippen LogP contribution in [0.25, 0.3) is 11.1 Å². The molecule has 3 heteroatoms. The van der Waals surface area contributed by atoms with Crippen LogP contribution >= 0.6 is 0 Å². The topological polar surface area (TPSA) is 64.4 Å². The maximum absolute atomic E-state index is 5.90. The summed E-state index contributed by atoms with van der Waals surface area (Å²) < 4.78 is 0. The number of benzene rings is 2. The molecule has 3 nitrogen and oxygen atoms in total. The van der Waals surface area contributed by atoms with Crippen molar-refractivity contribution in [3.63, 3.8) is 0 Å². The molecular formula is C17H19N3. The first-order valence-electron chi connectivity index (χ1n) is 7.04. The molecule has 1 aliphatic carbocycles. The lowest BCUT2D eigenvalue weighted by Crippen LogP contribution is -2.16. The van der Waals surface area contributed by atoms with Crippen molar-refractivity contribution in [3.8, 4) is 11.1 Å². The third kappa shape index (κ3) is 2.27. The summed E-state index contributed by atoms with van der Waals surface area (Å²) in [4.78, 5) is 0. The molecule has 0 radical (unpaired) electrons. The summed E-state index contributed by atoms with van der Waals surface area (Å²) in [5.41, 5.74) is 12.0. The van der Waals surface area contributed by atoms with E-state index in [0.29, 0.717) is 5.84 Å². The molecule has 0 aliphatic heterocycles. The van der Waals surface area contributed by atoms with Gasteiger partial charge in [0.05, 0.1) is 0 Å². The van der Waals surface area contributed by atoms with Gasteiger partial charge >= 0.3 is 0 Å². The van der Waals surface area contributed by atoms with E-state index in [0.717, 1.165) is 11.1 Å². The maximum Gasteiger partial charge on any atom is 0.150 e. The number of hydrogen-bond acceptors (Lipinski definition) is 2. The van der Waals surface area contributed by atoms with Gasteiger partial charge < -0.3 is 11.6 Å². The van der Waals surface area contributed by atoms with Crippen LogP contribution < -0.4 is 11.6 Å². The quantitative estimate of drug-likeness (QED) is 0.379. The van der Waals surface area contributed by atoms with E-state index in [1.54, 1.807) is 0 Å². The number of hydrogen-bond donors (Lipinski definition) is 2. The van der Waals surface area contributed by atoms with E-state index in [-0.39, 0.29) is 0 Å². The van der Waals surface area contributed by atoms with Crippen molar-refractivity contribution in [1.29, 1.82) is 0 Å². The van der Waals surface area contributed by atoms with E-state index >= 15 is 0 Å². The maximum atomic E-state index is 5.90. The molecule has 0 aromatic heterocycles. The highest BCUT2D eigenvalue weighted by Gasteiger charge is 2.12. The van der Waals surface area contributed by atoms with Crippen molar-refractivity contribution < 1.29 is 0 Å². The van der Waals surface area contributed by atoms with Crippen LogP contribution in [0.15, 0.2) is 47.6 Å². The zero-order valence-electron chi connectivity index (χ0n) is 11.5. The van der Waals surface area contributed by atoms with Gasteiger partial charge in [-0.1, -0.05) is 42.5 Å². The molecular weight excluding hydrogens is 246 g/mol. The van der Waals surface area contributed by atoms with Gasteiger partial charge in [0.1, 0.15) is 0 Å². The Morgan fingerprint density at radius 2 is 1.70 bits per heavy atom.